The van der Waals surface area contributed by atoms with Crippen molar-refractivity contribution in [2.24, 2.45) is 0 Å². The van der Waals surface area contributed by atoms with Gasteiger partial charge in [0.15, 0.2) is 5.82 Å². The average molecular weight is 653 g/mol. The molecule has 0 amide bonds. The second-order valence-electron chi connectivity index (χ2n) is 12.8. The predicted molar refractivity (Wildman–Crippen MR) is 210 cm³/mol. The molecule has 3 heterocycles. The minimum Gasteiger partial charge on any atom is -0.251 e. The molecule has 0 spiro atoms. The van der Waals surface area contributed by atoms with Crippen molar-refractivity contribution >= 4 is 21.8 Å². The van der Waals surface area contributed by atoms with Gasteiger partial charge in [0.2, 0.25) is 0 Å². The Hall–Kier alpha value is -6.78. The Morgan fingerprint density at radius 2 is 0.804 bits per heavy atom. The van der Waals surface area contributed by atoms with Crippen LogP contribution in [0.4, 0.5) is 0 Å². The second-order valence-corrected chi connectivity index (χ2v) is 12.8. The lowest BCUT2D eigenvalue weighted by molar-refractivity contribution is 1.18. The van der Waals surface area contributed by atoms with E-state index in [0.717, 1.165) is 89.1 Å². The Balaban J connectivity index is 1.08. The fraction of sp³-hybridized carbons (Fsp3) is 0.0213. The summed E-state index contributed by atoms with van der Waals surface area (Å²) in [7, 11) is 0. The van der Waals surface area contributed by atoms with Crippen LogP contribution in [-0.4, -0.2) is 19.9 Å². The van der Waals surface area contributed by atoms with Gasteiger partial charge in [-0.1, -0.05) is 158 Å². The van der Waals surface area contributed by atoms with E-state index in [9.17, 15) is 0 Å². The minimum atomic E-state index is 0.713. The van der Waals surface area contributed by atoms with Crippen molar-refractivity contribution in [2.75, 3.05) is 0 Å². The molecule has 0 unspecified atom stereocenters. The molecule has 240 valence electrons. The first-order chi connectivity index (χ1) is 25.2. The van der Waals surface area contributed by atoms with E-state index in [0.29, 0.717) is 5.82 Å². The molecule has 51 heavy (non-hydrogen) atoms. The molecule has 3 aromatic heterocycles. The summed E-state index contributed by atoms with van der Waals surface area (Å²) in [4.78, 5) is 20.0. The van der Waals surface area contributed by atoms with E-state index >= 15 is 0 Å². The number of rotatable bonds is 6. The third-order valence-electron chi connectivity index (χ3n) is 9.39. The molecular formula is C47H32N4. The van der Waals surface area contributed by atoms with Gasteiger partial charge >= 0.3 is 0 Å². The zero-order chi connectivity index (χ0) is 34.1. The summed E-state index contributed by atoms with van der Waals surface area (Å²) >= 11 is 0. The third-order valence-corrected chi connectivity index (χ3v) is 9.39. The smallest absolute Gasteiger partial charge is 0.160 e. The normalized spacial score (nSPS) is 11.2. The van der Waals surface area contributed by atoms with Gasteiger partial charge in [-0.25, -0.2) is 15.0 Å². The molecule has 0 aliphatic rings. The molecule has 9 aromatic rings. The van der Waals surface area contributed by atoms with Crippen LogP contribution >= 0.6 is 0 Å². The molecule has 0 aliphatic heterocycles. The summed E-state index contributed by atoms with van der Waals surface area (Å²) in [6.45, 7) is 2.03. The minimum absolute atomic E-state index is 0.713. The first-order valence-corrected chi connectivity index (χ1v) is 17.1. The van der Waals surface area contributed by atoms with Crippen LogP contribution in [0.15, 0.2) is 176 Å². The number of aromatic nitrogens is 4. The van der Waals surface area contributed by atoms with Crippen molar-refractivity contribution in [3.63, 3.8) is 0 Å². The van der Waals surface area contributed by atoms with Gasteiger partial charge in [-0.2, -0.15) is 0 Å². The lowest BCUT2D eigenvalue weighted by Crippen LogP contribution is -1.95. The van der Waals surface area contributed by atoms with Crippen LogP contribution in [0.3, 0.4) is 0 Å². The van der Waals surface area contributed by atoms with Gasteiger partial charge in [0.1, 0.15) is 0 Å². The molecule has 4 nitrogen and oxygen atoms in total. The Bertz CT molecular complexity index is 2600. The number of hydrogen-bond acceptors (Lipinski definition) is 4. The van der Waals surface area contributed by atoms with Gasteiger partial charge in [0, 0.05) is 38.7 Å². The van der Waals surface area contributed by atoms with E-state index in [1.807, 2.05) is 49.4 Å². The molecule has 4 heteroatoms. The molecule has 9 rings (SSSR count). The summed E-state index contributed by atoms with van der Waals surface area (Å²) in [5, 5.41) is 2.18. The Morgan fingerprint density at radius 1 is 0.333 bits per heavy atom. The maximum absolute atomic E-state index is 5.17. The summed E-state index contributed by atoms with van der Waals surface area (Å²) in [6.07, 6.45) is 0. The van der Waals surface area contributed by atoms with E-state index in [4.69, 9.17) is 19.9 Å². The molecular weight excluding hydrogens is 621 g/mol. The Labute approximate surface area is 296 Å². The molecule has 0 fully saturated rings. The van der Waals surface area contributed by atoms with Crippen molar-refractivity contribution in [1.82, 2.24) is 19.9 Å². The molecule has 0 atom stereocenters. The molecule has 0 radical (unpaired) electrons. The van der Waals surface area contributed by atoms with Crippen molar-refractivity contribution < 1.29 is 0 Å². The highest BCUT2D eigenvalue weighted by Crippen LogP contribution is 2.36. The van der Waals surface area contributed by atoms with Gasteiger partial charge in [0.25, 0.3) is 0 Å². The van der Waals surface area contributed by atoms with Crippen molar-refractivity contribution in [3.05, 3.63) is 182 Å². The molecule has 6 aromatic carbocycles. The van der Waals surface area contributed by atoms with Crippen LogP contribution in [0.5, 0.6) is 0 Å². The highest BCUT2D eigenvalue weighted by molar-refractivity contribution is 6.09. The molecule has 0 saturated heterocycles. The van der Waals surface area contributed by atoms with Gasteiger partial charge in [-0.05, 0) is 47.4 Å². The quantitative estimate of drug-likeness (QED) is 0.168. The fourth-order valence-electron chi connectivity index (χ4n) is 6.71. The number of benzene rings is 6. The topological polar surface area (TPSA) is 51.6 Å². The summed E-state index contributed by atoms with van der Waals surface area (Å²) < 4.78 is 0. The maximum atomic E-state index is 5.17. The Kier molecular flexibility index (Phi) is 7.67. The van der Waals surface area contributed by atoms with Gasteiger partial charge in [-0.15, -0.1) is 0 Å². The zero-order valence-corrected chi connectivity index (χ0v) is 28.0. The second kappa shape index (κ2) is 12.9. The van der Waals surface area contributed by atoms with Crippen LogP contribution in [-0.2, 0) is 0 Å². The van der Waals surface area contributed by atoms with Crippen molar-refractivity contribution in [1.29, 1.82) is 0 Å². The fourth-order valence-corrected chi connectivity index (χ4v) is 6.71. The van der Waals surface area contributed by atoms with E-state index in [-0.39, 0.29) is 0 Å². The number of aryl methyl sites for hydroxylation is 1. The van der Waals surface area contributed by atoms with Crippen LogP contribution in [0.1, 0.15) is 5.69 Å². The van der Waals surface area contributed by atoms with E-state index in [1.54, 1.807) is 0 Å². The average Bonchev–Trinajstić information content (AvgIpc) is 3.21. The van der Waals surface area contributed by atoms with Crippen LogP contribution in [0.2, 0.25) is 0 Å². The highest BCUT2D eigenvalue weighted by Gasteiger charge is 2.15. The Morgan fingerprint density at radius 3 is 1.39 bits per heavy atom. The van der Waals surface area contributed by atoms with E-state index < -0.39 is 0 Å². The van der Waals surface area contributed by atoms with Gasteiger partial charge in [0.05, 0.1) is 28.1 Å². The number of pyridine rings is 2. The number of nitrogens with zero attached hydrogens (tertiary/aromatic N) is 4. The lowest BCUT2D eigenvalue weighted by Gasteiger charge is -2.13. The van der Waals surface area contributed by atoms with Crippen LogP contribution in [0.25, 0.3) is 89.2 Å². The maximum Gasteiger partial charge on any atom is 0.160 e. The SMILES string of the molecule is Cc1ccc2ccc3c(-c4ccc(-c5ccc(-c6cc(-c7ccccc7)nc(-c7ccccc7)n6)cc5)cc4)cc(-c4ccccc4)nc3c2n1. The first kappa shape index (κ1) is 30.3. The summed E-state index contributed by atoms with van der Waals surface area (Å²) in [5.74, 6) is 0.713. The molecule has 0 N–H and O–H groups in total. The van der Waals surface area contributed by atoms with Gasteiger partial charge < -0.3 is 0 Å². The van der Waals surface area contributed by atoms with Crippen molar-refractivity contribution in [2.45, 2.75) is 6.92 Å². The predicted octanol–water partition coefficient (Wildman–Crippen LogP) is 11.9. The number of hydrogen-bond donors (Lipinski definition) is 0. The molecule has 0 aliphatic carbocycles. The monoisotopic (exact) mass is 652 g/mol. The standard InChI is InChI=1S/C47H32N4/c1-31-17-18-38-27-28-40-41(29-42(35-11-5-2-6-12-35)49-46(40)45(38)48-31)34-23-19-32(20-24-34)33-21-25-37(26-22-33)44-30-43(36-13-7-3-8-14-36)50-47(51-44)39-15-9-4-10-16-39/h2-30H,1H3. The first-order valence-electron chi connectivity index (χ1n) is 17.1. The number of fused-ring (bicyclic) bond motifs is 3. The van der Waals surface area contributed by atoms with E-state index in [2.05, 4.69) is 133 Å². The zero-order valence-electron chi connectivity index (χ0n) is 28.0. The van der Waals surface area contributed by atoms with Crippen molar-refractivity contribution in [3.8, 4) is 67.4 Å². The molecule has 0 bridgehead atoms. The van der Waals surface area contributed by atoms with Crippen LogP contribution < -0.4 is 0 Å². The van der Waals surface area contributed by atoms with E-state index in [1.165, 1.54) is 0 Å². The third kappa shape index (κ3) is 5.94. The largest absolute Gasteiger partial charge is 0.251 e. The summed E-state index contributed by atoms with van der Waals surface area (Å²) in [5.41, 5.74) is 14.3. The van der Waals surface area contributed by atoms with Crippen LogP contribution in [0, 0.1) is 6.92 Å². The molecule has 0 saturated carbocycles. The van der Waals surface area contributed by atoms with Gasteiger partial charge in [-0.3, -0.25) is 4.98 Å². The lowest BCUT2D eigenvalue weighted by atomic mass is 9.95. The summed E-state index contributed by atoms with van der Waals surface area (Å²) in [6, 6.07) is 61.1. The highest BCUT2D eigenvalue weighted by atomic mass is 14.9.